The van der Waals surface area contributed by atoms with E-state index >= 15 is 0 Å². The standard InChI is InChI=1S/C26H35BrN2O5S2/c1-5-33-25(34-6-2)15-28-26(30)23-14-22(36(31,32)29-16-18(3)13-19(4)17-29)11-12-24(23)35-21-9-7-20(27)8-10-21/h7-12,14,18-19,25H,5-6,13,15-17H2,1-4H3,(H,28,30)/t18-,19-/m0/s1. The number of hydrogen-bond donors (Lipinski definition) is 1. The minimum absolute atomic E-state index is 0.125. The zero-order chi connectivity index (χ0) is 26.3. The first-order valence-corrected chi connectivity index (χ1v) is 15.3. The molecule has 0 spiro atoms. The Hall–Kier alpha value is -1.43. The number of nitrogens with one attached hydrogen (secondary N) is 1. The van der Waals surface area contributed by atoms with Crippen LogP contribution in [0.2, 0.25) is 0 Å². The van der Waals surface area contributed by atoms with Crippen LogP contribution in [-0.4, -0.2) is 57.8 Å². The van der Waals surface area contributed by atoms with Crippen molar-refractivity contribution < 1.29 is 22.7 Å². The van der Waals surface area contributed by atoms with Crippen molar-refractivity contribution in [3.8, 4) is 0 Å². The molecule has 3 rings (SSSR count). The number of rotatable bonds is 11. The third kappa shape index (κ3) is 7.79. The molecule has 36 heavy (non-hydrogen) atoms. The van der Waals surface area contributed by atoms with E-state index in [1.54, 1.807) is 16.4 Å². The second kappa shape index (κ2) is 13.4. The van der Waals surface area contributed by atoms with Gasteiger partial charge in [0.05, 0.1) is 17.0 Å². The molecule has 2 aromatic carbocycles. The fourth-order valence-electron chi connectivity index (χ4n) is 4.33. The normalized spacial score (nSPS) is 18.9. The van der Waals surface area contributed by atoms with Crippen LogP contribution in [-0.2, 0) is 19.5 Å². The van der Waals surface area contributed by atoms with Crippen molar-refractivity contribution >= 4 is 43.6 Å². The zero-order valence-corrected chi connectivity index (χ0v) is 24.4. The van der Waals surface area contributed by atoms with Crippen LogP contribution in [0.1, 0.15) is 44.5 Å². The van der Waals surface area contributed by atoms with Crippen molar-refractivity contribution in [2.24, 2.45) is 11.8 Å². The van der Waals surface area contributed by atoms with Crippen LogP contribution >= 0.6 is 27.7 Å². The summed E-state index contributed by atoms with van der Waals surface area (Å²) in [5.74, 6) is 0.191. The highest BCUT2D eigenvalue weighted by Crippen LogP contribution is 2.34. The highest BCUT2D eigenvalue weighted by molar-refractivity contribution is 9.10. The van der Waals surface area contributed by atoms with Gasteiger partial charge in [0.2, 0.25) is 10.0 Å². The second-order valence-corrected chi connectivity index (χ2v) is 13.0. The fraction of sp³-hybridized carbons (Fsp3) is 0.500. The van der Waals surface area contributed by atoms with E-state index in [2.05, 4.69) is 35.1 Å². The van der Waals surface area contributed by atoms with E-state index < -0.39 is 16.3 Å². The molecule has 1 aliphatic heterocycles. The van der Waals surface area contributed by atoms with E-state index in [1.165, 1.54) is 17.8 Å². The van der Waals surface area contributed by atoms with Crippen LogP contribution < -0.4 is 5.32 Å². The molecule has 10 heteroatoms. The Labute approximate surface area is 227 Å². The van der Waals surface area contributed by atoms with Crippen molar-refractivity contribution in [2.75, 3.05) is 32.8 Å². The van der Waals surface area contributed by atoms with Gasteiger partial charge in [-0.3, -0.25) is 4.79 Å². The van der Waals surface area contributed by atoms with Crippen LogP contribution in [0.15, 0.2) is 61.6 Å². The number of hydrogen-bond acceptors (Lipinski definition) is 6. The summed E-state index contributed by atoms with van der Waals surface area (Å²) in [6.07, 6.45) is 0.429. The molecule has 0 aromatic heterocycles. The van der Waals surface area contributed by atoms with Gasteiger partial charge in [0.15, 0.2) is 6.29 Å². The van der Waals surface area contributed by atoms with Crippen LogP contribution in [0.3, 0.4) is 0 Å². The molecule has 1 N–H and O–H groups in total. The van der Waals surface area contributed by atoms with Crippen molar-refractivity contribution in [3.05, 3.63) is 52.5 Å². The quantitative estimate of drug-likeness (QED) is 0.349. The molecule has 2 aromatic rings. The average molecular weight is 600 g/mol. The number of nitrogens with zero attached hydrogens (tertiary/aromatic N) is 1. The summed E-state index contributed by atoms with van der Waals surface area (Å²) in [7, 11) is -3.74. The lowest BCUT2D eigenvalue weighted by atomic mass is 9.94. The molecule has 1 saturated heterocycles. The summed E-state index contributed by atoms with van der Waals surface area (Å²) in [5, 5.41) is 2.86. The summed E-state index contributed by atoms with van der Waals surface area (Å²) in [6, 6.07) is 12.5. The van der Waals surface area contributed by atoms with Crippen LogP contribution in [0.25, 0.3) is 0 Å². The molecule has 1 aliphatic rings. The van der Waals surface area contributed by atoms with Crippen LogP contribution in [0.5, 0.6) is 0 Å². The van der Waals surface area contributed by atoms with Gasteiger partial charge in [-0.05, 0) is 74.6 Å². The molecule has 1 heterocycles. The first-order valence-electron chi connectivity index (χ1n) is 12.2. The Morgan fingerprint density at radius 3 is 2.28 bits per heavy atom. The lowest BCUT2D eigenvalue weighted by Gasteiger charge is -2.34. The van der Waals surface area contributed by atoms with Crippen LogP contribution in [0, 0.1) is 11.8 Å². The lowest BCUT2D eigenvalue weighted by molar-refractivity contribution is -0.131. The molecule has 198 valence electrons. The lowest BCUT2D eigenvalue weighted by Crippen LogP contribution is -2.42. The van der Waals surface area contributed by atoms with Crippen molar-refractivity contribution in [2.45, 2.75) is 55.1 Å². The van der Waals surface area contributed by atoms with Gasteiger partial charge in [0, 0.05) is 40.6 Å². The van der Waals surface area contributed by atoms with Crippen molar-refractivity contribution in [1.82, 2.24) is 9.62 Å². The predicted octanol–water partition coefficient (Wildman–Crippen LogP) is 5.40. The minimum Gasteiger partial charge on any atom is -0.351 e. The Bertz CT molecular complexity index is 1110. The van der Waals surface area contributed by atoms with Gasteiger partial charge in [0.25, 0.3) is 5.91 Å². The molecular weight excluding hydrogens is 564 g/mol. The summed E-state index contributed by atoms with van der Waals surface area (Å²) >= 11 is 4.85. The third-order valence-electron chi connectivity index (χ3n) is 5.84. The van der Waals surface area contributed by atoms with Gasteiger partial charge in [0.1, 0.15) is 0 Å². The Balaban J connectivity index is 1.92. The van der Waals surface area contributed by atoms with Gasteiger partial charge < -0.3 is 14.8 Å². The average Bonchev–Trinajstić information content (AvgIpc) is 2.83. The number of benzene rings is 2. The Morgan fingerprint density at radius 2 is 1.69 bits per heavy atom. The number of sulfonamides is 1. The second-order valence-electron chi connectivity index (χ2n) is 9.03. The van der Waals surface area contributed by atoms with E-state index in [0.717, 1.165) is 15.8 Å². The van der Waals surface area contributed by atoms with Crippen molar-refractivity contribution in [1.29, 1.82) is 0 Å². The van der Waals surface area contributed by atoms with Crippen molar-refractivity contribution in [3.63, 3.8) is 0 Å². The molecular formula is C26H35BrN2O5S2. The minimum atomic E-state index is -3.74. The summed E-state index contributed by atoms with van der Waals surface area (Å²) < 4.78 is 40.6. The molecule has 0 radical (unpaired) electrons. The summed E-state index contributed by atoms with van der Waals surface area (Å²) in [4.78, 5) is 15.1. The SMILES string of the molecule is CCOC(CNC(=O)c1cc(S(=O)(=O)N2C[C@@H](C)C[C@H](C)C2)ccc1Sc1ccc(Br)cc1)OCC. The number of carbonyl (C=O) groups excluding carboxylic acids is 1. The number of ether oxygens (including phenoxy) is 2. The molecule has 7 nitrogen and oxygen atoms in total. The highest BCUT2D eigenvalue weighted by atomic mass is 79.9. The number of carbonyl (C=O) groups is 1. The maximum Gasteiger partial charge on any atom is 0.252 e. The summed E-state index contributed by atoms with van der Waals surface area (Å²) in [6.45, 7) is 9.87. The molecule has 0 bridgehead atoms. The maximum absolute atomic E-state index is 13.5. The van der Waals surface area contributed by atoms with E-state index in [0.29, 0.717) is 36.8 Å². The zero-order valence-electron chi connectivity index (χ0n) is 21.2. The molecule has 2 atom stereocenters. The largest absolute Gasteiger partial charge is 0.351 e. The highest BCUT2D eigenvalue weighted by Gasteiger charge is 2.32. The topological polar surface area (TPSA) is 84.9 Å². The molecule has 0 saturated carbocycles. The van der Waals surface area contributed by atoms with E-state index in [9.17, 15) is 13.2 Å². The van der Waals surface area contributed by atoms with E-state index in [-0.39, 0.29) is 29.2 Å². The summed E-state index contributed by atoms with van der Waals surface area (Å²) in [5.41, 5.74) is 0.300. The van der Waals surface area contributed by atoms with Crippen LogP contribution in [0.4, 0.5) is 0 Å². The predicted molar refractivity (Wildman–Crippen MR) is 146 cm³/mol. The van der Waals surface area contributed by atoms with Gasteiger partial charge in [-0.25, -0.2) is 8.42 Å². The van der Waals surface area contributed by atoms with E-state index in [4.69, 9.17) is 9.47 Å². The maximum atomic E-state index is 13.5. The van der Waals surface area contributed by atoms with E-state index in [1.807, 2.05) is 38.1 Å². The first kappa shape index (κ1) is 29.1. The van der Waals surface area contributed by atoms with Gasteiger partial charge >= 0.3 is 0 Å². The molecule has 0 aliphatic carbocycles. The number of piperidine rings is 1. The van der Waals surface area contributed by atoms with Gasteiger partial charge in [-0.1, -0.05) is 41.5 Å². The molecule has 1 amide bonds. The number of halogens is 1. The Morgan fingerprint density at radius 1 is 1.08 bits per heavy atom. The number of amides is 1. The monoisotopic (exact) mass is 598 g/mol. The molecule has 1 fully saturated rings. The Kier molecular flexibility index (Phi) is 10.8. The smallest absolute Gasteiger partial charge is 0.252 e. The van der Waals surface area contributed by atoms with Gasteiger partial charge in [-0.2, -0.15) is 4.31 Å². The van der Waals surface area contributed by atoms with Gasteiger partial charge in [-0.15, -0.1) is 0 Å². The first-order chi connectivity index (χ1) is 17.1. The molecule has 0 unspecified atom stereocenters. The fourth-order valence-corrected chi connectivity index (χ4v) is 7.22. The third-order valence-corrected chi connectivity index (χ3v) is 9.28.